The molecule has 0 aliphatic heterocycles. The van der Waals surface area contributed by atoms with Crippen LogP contribution in [0, 0.1) is 6.92 Å². The van der Waals surface area contributed by atoms with Crippen LogP contribution in [-0.4, -0.2) is 17.8 Å². The third kappa shape index (κ3) is 2.18. The van der Waals surface area contributed by atoms with Crippen LogP contribution in [-0.2, 0) is 6.42 Å². The van der Waals surface area contributed by atoms with Crippen LogP contribution in [0.4, 0.5) is 0 Å². The van der Waals surface area contributed by atoms with Crippen molar-refractivity contribution in [2.45, 2.75) is 31.8 Å². The smallest absolute Gasteiger partial charge is 0.136 e. The number of hydrogen-bond donors (Lipinski definition) is 1. The number of ether oxygens (including phenoxy) is 1. The third-order valence-electron chi connectivity index (χ3n) is 2.92. The summed E-state index contributed by atoms with van der Waals surface area (Å²) in [6.07, 6.45) is 2.54. The van der Waals surface area contributed by atoms with E-state index in [1.165, 1.54) is 0 Å². The van der Waals surface area contributed by atoms with Crippen LogP contribution in [0.1, 0.15) is 24.0 Å². The molecule has 1 aliphatic rings. The van der Waals surface area contributed by atoms with Gasteiger partial charge in [0, 0.05) is 6.42 Å². The zero-order valence-electron chi connectivity index (χ0n) is 9.01. The van der Waals surface area contributed by atoms with Gasteiger partial charge in [0.05, 0.1) is 17.2 Å². The molecule has 0 spiro atoms. The summed E-state index contributed by atoms with van der Waals surface area (Å²) in [5.41, 5.74) is 1.77. The lowest BCUT2D eigenvalue weighted by Gasteiger charge is -2.14. The number of aryl methyl sites for hydroxylation is 1. The summed E-state index contributed by atoms with van der Waals surface area (Å²) in [6.45, 7) is 2.01. The molecule has 1 saturated carbocycles. The van der Waals surface area contributed by atoms with E-state index >= 15 is 0 Å². The lowest BCUT2D eigenvalue weighted by atomic mass is 10.0. The number of aliphatic hydroxyl groups is 1. The third-order valence-corrected chi connectivity index (χ3v) is 3.79. The van der Waals surface area contributed by atoms with E-state index in [-0.39, 0.29) is 0 Å². The molecular weight excluding hydrogens is 256 g/mol. The van der Waals surface area contributed by atoms with Crippen molar-refractivity contribution in [1.29, 1.82) is 0 Å². The van der Waals surface area contributed by atoms with Crippen molar-refractivity contribution in [3.8, 4) is 5.75 Å². The van der Waals surface area contributed by atoms with E-state index in [1.54, 1.807) is 7.11 Å². The molecule has 82 valence electrons. The van der Waals surface area contributed by atoms with Gasteiger partial charge in [-0.3, -0.25) is 0 Å². The zero-order chi connectivity index (χ0) is 11.1. The minimum absolute atomic E-state index is 0.456. The van der Waals surface area contributed by atoms with Crippen LogP contribution in [0.5, 0.6) is 5.75 Å². The van der Waals surface area contributed by atoms with Crippen molar-refractivity contribution in [3.63, 3.8) is 0 Å². The summed E-state index contributed by atoms with van der Waals surface area (Å²) < 4.78 is 6.30. The number of benzene rings is 1. The van der Waals surface area contributed by atoms with Gasteiger partial charge in [0.2, 0.25) is 0 Å². The van der Waals surface area contributed by atoms with Gasteiger partial charge in [-0.1, -0.05) is 12.1 Å². The molecule has 1 aromatic rings. The summed E-state index contributed by atoms with van der Waals surface area (Å²) >= 11 is 3.54. The lowest BCUT2D eigenvalue weighted by Crippen LogP contribution is -2.11. The molecule has 0 aromatic heterocycles. The van der Waals surface area contributed by atoms with Gasteiger partial charge in [-0.2, -0.15) is 0 Å². The summed E-state index contributed by atoms with van der Waals surface area (Å²) in [5.74, 6) is 0.872. The molecule has 0 radical (unpaired) electrons. The normalized spacial score (nSPS) is 17.6. The first-order valence-corrected chi connectivity index (χ1v) is 5.89. The largest absolute Gasteiger partial charge is 0.495 e. The van der Waals surface area contributed by atoms with Crippen LogP contribution < -0.4 is 4.74 Å². The van der Waals surface area contributed by atoms with E-state index in [4.69, 9.17) is 4.74 Å². The molecule has 0 saturated heterocycles. The Bertz CT molecular complexity index is 383. The van der Waals surface area contributed by atoms with E-state index in [0.29, 0.717) is 6.42 Å². The average Bonchev–Trinajstić information content (AvgIpc) is 2.90. The molecule has 2 rings (SSSR count). The Hall–Kier alpha value is -0.540. The van der Waals surface area contributed by atoms with E-state index in [0.717, 1.165) is 34.2 Å². The predicted molar refractivity (Wildman–Crippen MR) is 63.3 cm³/mol. The second-order valence-electron chi connectivity index (χ2n) is 4.29. The van der Waals surface area contributed by atoms with Crippen molar-refractivity contribution in [1.82, 2.24) is 0 Å². The van der Waals surface area contributed by atoms with Crippen LogP contribution in [0.3, 0.4) is 0 Å². The van der Waals surface area contributed by atoms with Gasteiger partial charge in [0.1, 0.15) is 5.75 Å². The first-order chi connectivity index (χ1) is 7.06. The monoisotopic (exact) mass is 270 g/mol. The van der Waals surface area contributed by atoms with Crippen molar-refractivity contribution < 1.29 is 9.84 Å². The van der Waals surface area contributed by atoms with Gasteiger partial charge >= 0.3 is 0 Å². The Kier molecular flexibility index (Phi) is 2.77. The van der Waals surface area contributed by atoms with Gasteiger partial charge in [0.25, 0.3) is 0 Å². The van der Waals surface area contributed by atoms with E-state index < -0.39 is 5.60 Å². The molecule has 1 fully saturated rings. The van der Waals surface area contributed by atoms with Crippen LogP contribution in [0.2, 0.25) is 0 Å². The quantitative estimate of drug-likeness (QED) is 0.916. The van der Waals surface area contributed by atoms with Crippen molar-refractivity contribution in [2.75, 3.05) is 7.11 Å². The van der Waals surface area contributed by atoms with E-state index in [2.05, 4.69) is 22.0 Å². The number of methoxy groups -OCH3 is 1. The predicted octanol–water partition coefficient (Wildman–Crippen LogP) is 2.83. The fourth-order valence-corrected chi connectivity index (χ4v) is 2.50. The Balaban J connectivity index is 2.31. The molecule has 0 bridgehead atoms. The van der Waals surface area contributed by atoms with Gasteiger partial charge in [-0.25, -0.2) is 0 Å². The fourth-order valence-electron chi connectivity index (χ4n) is 1.76. The van der Waals surface area contributed by atoms with Gasteiger partial charge < -0.3 is 9.84 Å². The number of halogens is 1. The van der Waals surface area contributed by atoms with Gasteiger partial charge in [-0.05, 0) is 46.8 Å². The average molecular weight is 271 g/mol. The number of rotatable bonds is 3. The van der Waals surface area contributed by atoms with Crippen molar-refractivity contribution >= 4 is 15.9 Å². The maximum atomic E-state index is 9.88. The fraction of sp³-hybridized carbons (Fsp3) is 0.500. The summed E-state index contributed by atoms with van der Waals surface area (Å²) in [7, 11) is 1.67. The molecule has 3 heteroatoms. The molecule has 1 aliphatic carbocycles. The maximum Gasteiger partial charge on any atom is 0.136 e. The second kappa shape index (κ2) is 3.80. The molecule has 0 amide bonds. The highest BCUT2D eigenvalue weighted by atomic mass is 79.9. The molecule has 15 heavy (non-hydrogen) atoms. The zero-order valence-corrected chi connectivity index (χ0v) is 10.6. The SMILES string of the molecule is COc1c(C)ccc(CC2(O)CC2)c1Br. The molecule has 0 heterocycles. The minimum Gasteiger partial charge on any atom is -0.495 e. The van der Waals surface area contributed by atoms with E-state index in [1.807, 2.05) is 13.0 Å². The van der Waals surface area contributed by atoms with Gasteiger partial charge in [0.15, 0.2) is 0 Å². The maximum absolute atomic E-state index is 9.88. The highest BCUT2D eigenvalue weighted by Crippen LogP contribution is 2.41. The first-order valence-electron chi connectivity index (χ1n) is 5.10. The van der Waals surface area contributed by atoms with Crippen molar-refractivity contribution in [3.05, 3.63) is 27.7 Å². The lowest BCUT2D eigenvalue weighted by molar-refractivity contribution is 0.150. The molecule has 0 unspecified atom stereocenters. The molecule has 1 aromatic carbocycles. The highest BCUT2D eigenvalue weighted by molar-refractivity contribution is 9.10. The standard InChI is InChI=1S/C12H15BrO2/c1-8-3-4-9(7-12(14)5-6-12)10(13)11(8)15-2/h3-4,14H,5-7H2,1-2H3. The van der Waals surface area contributed by atoms with Gasteiger partial charge in [-0.15, -0.1) is 0 Å². The molecule has 0 atom stereocenters. The summed E-state index contributed by atoms with van der Waals surface area (Å²) in [6, 6.07) is 4.09. The topological polar surface area (TPSA) is 29.5 Å². The Morgan fingerprint density at radius 1 is 1.47 bits per heavy atom. The molecule has 2 nitrogen and oxygen atoms in total. The summed E-state index contributed by atoms with van der Waals surface area (Å²) in [5, 5.41) is 9.88. The molecular formula is C12H15BrO2. The van der Waals surface area contributed by atoms with Crippen molar-refractivity contribution in [2.24, 2.45) is 0 Å². The van der Waals surface area contributed by atoms with Crippen LogP contribution in [0.15, 0.2) is 16.6 Å². The Morgan fingerprint density at radius 2 is 2.13 bits per heavy atom. The minimum atomic E-state index is -0.456. The second-order valence-corrected chi connectivity index (χ2v) is 5.08. The van der Waals surface area contributed by atoms with E-state index in [9.17, 15) is 5.11 Å². The summed E-state index contributed by atoms with van der Waals surface area (Å²) in [4.78, 5) is 0. The van der Waals surface area contributed by atoms with Crippen LogP contribution >= 0.6 is 15.9 Å². The Labute approximate surface area is 98.4 Å². The molecule has 1 N–H and O–H groups in total. The van der Waals surface area contributed by atoms with Crippen LogP contribution in [0.25, 0.3) is 0 Å². The number of hydrogen-bond acceptors (Lipinski definition) is 2. The highest BCUT2D eigenvalue weighted by Gasteiger charge is 2.40. The first kappa shape index (κ1) is 11.0. The Morgan fingerprint density at radius 3 is 2.67 bits per heavy atom.